The van der Waals surface area contributed by atoms with Gasteiger partial charge in [0, 0.05) is 17.1 Å². The fraction of sp³-hybridized carbons (Fsp3) is 0.250. The summed E-state index contributed by atoms with van der Waals surface area (Å²) >= 11 is 2.94. The molecule has 0 saturated heterocycles. The third-order valence-electron chi connectivity index (χ3n) is 6.23. The van der Waals surface area contributed by atoms with Gasteiger partial charge in [0.25, 0.3) is 5.56 Å². The van der Waals surface area contributed by atoms with Gasteiger partial charge < -0.3 is 5.32 Å². The summed E-state index contributed by atoms with van der Waals surface area (Å²) in [4.78, 5) is 34.2. The maximum absolute atomic E-state index is 13.7. The molecular weight excluding hydrogens is 474 g/mol. The summed E-state index contributed by atoms with van der Waals surface area (Å²) < 4.78 is 1.66. The van der Waals surface area contributed by atoms with Crippen molar-refractivity contribution in [3.05, 3.63) is 99.2 Å². The lowest BCUT2D eigenvalue weighted by atomic mass is 9.97. The molecule has 2 heterocycles. The Morgan fingerprint density at radius 3 is 2.66 bits per heavy atom. The van der Waals surface area contributed by atoms with E-state index in [4.69, 9.17) is 4.98 Å². The molecule has 4 aromatic rings. The van der Waals surface area contributed by atoms with Crippen LogP contribution in [0.2, 0.25) is 0 Å². The quantitative estimate of drug-likeness (QED) is 0.183. The van der Waals surface area contributed by atoms with Crippen molar-refractivity contribution in [3.63, 3.8) is 0 Å². The molecule has 1 aliphatic carbocycles. The highest BCUT2D eigenvalue weighted by Gasteiger charge is 2.27. The minimum atomic E-state index is -0.576. The molecule has 35 heavy (non-hydrogen) atoms. The summed E-state index contributed by atoms with van der Waals surface area (Å²) in [6.07, 6.45) is 5.90. The van der Waals surface area contributed by atoms with Crippen molar-refractivity contribution in [1.82, 2.24) is 9.55 Å². The number of allylic oxidation sites excluding steroid dienone is 1. The van der Waals surface area contributed by atoms with Crippen LogP contribution in [0.5, 0.6) is 0 Å². The molecule has 0 spiro atoms. The van der Waals surface area contributed by atoms with E-state index in [9.17, 15) is 9.59 Å². The van der Waals surface area contributed by atoms with Crippen LogP contribution in [0.3, 0.4) is 0 Å². The largest absolute Gasteiger partial charge is 0.325 e. The standard InChI is InChI=1S/C28H27N3O2S2/c1-3-17-31-27(33)23-21-11-7-8-12-22(21)34-26(23)30-28(31)35-24(19-9-5-4-6-10-19)25(32)29-20-15-13-18(2)14-16-20/h3-6,9-10,13-16,24H,1,7-8,11-12,17H2,2H3,(H,29,32)/t24-/m1/s1. The molecule has 0 unspecified atom stereocenters. The van der Waals surface area contributed by atoms with E-state index in [1.807, 2.05) is 61.5 Å². The molecule has 0 saturated carbocycles. The number of aryl methyl sites for hydroxylation is 3. The first-order valence-corrected chi connectivity index (χ1v) is 13.5. The predicted octanol–water partition coefficient (Wildman–Crippen LogP) is 6.30. The zero-order valence-corrected chi connectivity index (χ0v) is 21.3. The van der Waals surface area contributed by atoms with Crippen molar-refractivity contribution in [3.8, 4) is 0 Å². The van der Waals surface area contributed by atoms with Gasteiger partial charge in [0.1, 0.15) is 10.1 Å². The summed E-state index contributed by atoms with van der Waals surface area (Å²) in [6, 6.07) is 17.4. The number of fused-ring (bicyclic) bond motifs is 3. The minimum Gasteiger partial charge on any atom is -0.325 e. The number of aromatic nitrogens is 2. The molecule has 1 aliphatic rings. The molecule has 5 rings (SSSR count). The van der Waals surface area contributed by atoms with Crippen LogP contribution < -0.4 is 10.9 Å². The van der Waals surface area contributed by atoms with Crippen LogP contribution in [-0.4, -0.2) is 15.5 Å². The summed E-state index contributed by atoms with van der Waals surface area (Å²) in [5.74, 6) is -0.157. The van der Waals surface area contributed by atoms with E-state index in [0.717, 1.165) is 52.7 Å². The molecule has 1 amide bonds. The molecule has 7 heteroatoms. The molecule has 1 atom stereocenters. The second-order valence-electron chi connectivity index (χ2n) is 8.75. The molecule has 0 radical (unpaired) electrons. The first kappa shape index (κ1) is 23.6. The van der Waals surface area contributed by atoms with Gasteiger partial charge in [-0.1, -0.05) is 65.9 Å². The van der Waals surface area contributed by atoms with E-state index in [0.29, 0.717) is 11.7 Å². The third kappa shape index (κ3) is 4.83. The fourth-order valence-corrected chi connectivity index (χ4v) is 6.86. The molecule has 2 aromatic carbocycles. The lowest BCUT2D eigenvalue weighted by Crippen LogP contribution is -2.25. The van der Waals surface area contributed by atoms with Gasteiger partial charge in [0.2, 0.25) is 5.91 Å². The molecule has 5 nitrogen and oxygen atoms in total. The number of benzene rings is 2. The molecule has 2 aromatic heterocycles. The average Bonchev–Trinajstić information content (AvgIpc) is 3.25. The zero-order valence-electron chi connectivity index (χ0n) is 19.6. The van der Waals surface area contributed by atoms with Crippen molar-refractivity contribution in [2.24, 2.45) is 0 Å². The van der Waals surface area contributed by atoms with Gasteiger partial charge >= 0.3 is 0 Å². The SMILES string of the molecule is C=CCn1c(S[C@@H](C(=O)Nc2ccc(C)cc2)c2ccccc2)nc2sc3c(c2c1=O)CCCC3. The Morgan fingerprint density at radius 2 is 1.91 bits per heavy atom. The van der Waals surface area contributed by atoms with Crippen LogP contribution in [0.4, 0.5) is 5.69 Å². The molecule has 0 bridgehead atoms. The molecule has 1 N–H and O–H groups in total. The van der Waals surface area contributed by atoms with E-state index in [1.165, 1.54) is 22.2 Å². The lowest BCUT2D eigenvalue weighted by molar-refractivity contribution is -0.115. The van der Waals surface area contributed by atoms with Crippen LogP contribution in [0.25, 0.3) is 10.2 Å². The van der Waals surface area contributed by atoms with Crippen LogP contribution in [0.1, 0.15) is 39.7 Å². The Labute approximate surface area is 212 Å². The van der Waals surface area contributed by atoms with Gasteiger partial charge in [0.15, 0.2) is 5.16 Å². The minimum absolute atomic E-state index is 0.0393. The van der Waals surface area contributed by atoms with Crippen LogP contribution in [0, 0.1) is 6.92 Å². The average molecular weight is 502 g/mol. The maximum atomic E-state index is 13.7. The number of thiophene rings is 1. The van der Waals surface area contributed by atoms with Gasteiger partial charge in [-0.05, 0) is 55.9 Å². The summed E-state index contributed by atoms with van der Waals surface area (Å²) in [7, 11) is 0. The monoisotopic (exact) mass is 501 g/mol. The van der Waals surface area contributed by atoms with E-state index in [2.05, 4.69) is 11.9 Å². The smallest absolute Gasteiger partial charge is 0.263 e. The Morgan fingerprint density at radius 1 is 1.17 bits per heavy atom. The second kappa shape index (κ2) is 10.2. The lowest BCUT2D eigenvalue weighted by Gasteiger charge is -2.19. The van der Waals surface area contributed by atoms with Gasteiger partial charge in [-0.15, -0.1) is 17.9 Å². The summed E-state index contributed by atoms with van der Waals surface area (Å²) in [5, 5.41) is 3.74. The van der Waals surface area contributed by atoms with Crippen molar-refractivity contribution < 1.29 is 4.79 Å². The van der Waals surface area contributed by atoms with Crippen molar-refractivity contribution in [1.29, 1.82) is 0 Å². The highest BCUT2D eigenvalue weighted by Crippen LogP contribution is 2.38. The van der Waals surface area contributed by atoms with Gasteiger partial charge in [-0.2, -0.15) is 0 Å². The third-order valence-corrected chi connectivity index (χ3v) is 8.66. The molecular formula is C28H27N3O2S2. The van der Waals surface area contributed by atoms with Gasteiger partial charge in [-0.25, -0.2) is 4.98 Å². The van der Waals surface area contributed by atoms with Crippen molar-refractivity contribution in [2.75, 3.05) is 5.32 Å². The van der Waals surface area contributed by atoms with E-state index < -0.39 is 5.25 Å². The Hall–Kier alpha value is -3.16. The van der Waals surface area contributed by atoms with E-state index >= 15 is 0 Å². The van der Waals surface area contributed by atoms with Gasteiger partial charge in [0.05, 0.1) is 5.39 Å². The molecule has 0 aliphatic heterocycles. The summed E-state index contributed by atoms with van der Waals surface area (Å²) in [6.45, 7) is 6.21. The van der Waals surface area contributed by atoms with E-state index in [1.54, 1.807) is 22.0 Å². The number of nitrogens with zero attached hydrogens (tertiary/aromatic N) is 2. The number of amides is 1. The fourth-order valence-electron chi connectivity index (χ4n) is 4.45. The first-order chi connectivity index (χ1) is 17.0. The Kier molecular flexibility index (Phi) is 6.88. The number of hydrogen-bond acceptors (Lipinski definition) is 5. The van der Waals surface area contributed by atoms with Crippen molar-refractivity contribution in [2.45, 2.75) is 49.6 Å². The number of thioether (sulfide) groups is 1. The highest BCUT2D eigenvalue weighted by molar-refractivity contribution is 8.00. The number of anilines is 1. The first-order valence-electron chi connectivity index (χ1n) is 11.8. The number of carbonyl (C=O) groups is 1. The van der Waals surface area contributed by atoms with Crippen LogP contribution in [0.15, 0.2) is 77.2 Å². The van der Waals surface area contributed by atoms with Crippen LogP contribution in [-0.2, 0) is 24.2 Å². The topological polar surface area (TPSA) is 64.0 Å². The molecule has 178 valence electrons. The Balaban J connectivity index is 1.57. The maximum Gasteiger partial charge on any atom is 0.263 e. The number of nitrogens with one attached hydrogen (secondary N) is 1. The number of rotatable bonds is 7. The number of hydrogen-bond donors (Lipinski definition) is 1. The molecule has 0 fully saturated rings. The highest BCUT2D eigenvalue weighted by atomic mass is 32.2. The number of carbonyl (C=O) groups excluding carboxylic acids is 1. The van der Waals surface area contributed by atoms with Crippen molar-refractivity contribution >= 4 is 44.9 Å². The normalized spacial score (nSPS) is 13.9. The van der Waals surface area contributed by atoms with Gasteiger partial charge in [-0.3, -0.25) is 14.2 Å². The van der Waals surface area contributed by atoms with E-state index in [-0.39, 0.29) is 11.5 Å². The van der Waals surface area contributed by atoms with Crippen LogP contribution >= 0.6 is 23.1 Å². The second-order valence-corrected chi connectivity index (χ2v) is 10.9. The Bertz CT molecular complexity index is 1440. The predicted molar refractivity (Wildman–Crippen MR) is 146 cm³/mol. The summed E-state index contributed by atoms with van der Waals surface area (Å²) in [5.41, 5.74) is 3.84. The zero-order chi connectivity index (χ0) is 24.4.